The molecule has 1 aromatic carbocycles. The third-order valence-corrected chi connectivity index (χ3v) is 3.32. The summed E-state index contributed by atoms with van der Waals surface area (Å²) < 4.78 is 39.5. The fourth-order valence-electron chi connectivity index (χ4n) is 2.06. The highest BCUT2D eigenvalue weighted by molar-refractivity contribution is 6.16. The minimum atomic E-state index is -4.35. The molecule has 0 atom stereocenters. The lowest BCUT2D eigenvalue weighted by Gasteiger charge is -2.07. The zero-order valence-electron chi connectivity index (χ0n) is 10.6. The molecule has 2 heterocycles. The van der Waals surface area contributed by atoms with Gasteiger partial charge in [-0.2, -0.15) is 13.2 Å². The lowest BCUT2D eigenvalue weighted by molar-refractivity contribution is -0.137. The number of halogens is 4. The monoisotopic (exact) mass is 311 g/mol. The Bertz CT molecular complexity index is 778. The molecule has 2 aromatic heterocycles. The second-order valence-electron chi connectivity index (χ2n) is 4.45. The number of benzene rings is 1. The first-order valence-corrected chi connectivity index (χ1v) is 6.58. The van der Waals surface area contributed by atoms with Crippen molar-refractivity contribution in [3.05, 3.63) is 54.1 Å². The Balaban J connectivity index is 2.10. The molecule has 0 aliphatic heterocycles. The van der Waals surface area contributed by atoms with E-state index in [-0.39, 0.29) is 5.88 Å². The van der Waals surface area contributed by atoms with Crippen LogP contribution in [0.3, 0.4) is 0 Å². The highest BCUT2D eigenvalue weighted by Crippen LogP contribution is 2.31. The summed E-state index contributed by atoms with van der Waals surface area (Å²) in [5.41, 5.74) is 1.64. The third kappa shape index (κ3) is 2.58. The zero-order valence-corrected chi connectivity index (χ0v) is 11.4. The van der Waals surface area contributed by atoms with Gasteiger partial charge >= 0.3 is 6.18 Å². The fraction of sp³-hybridized carbons (Fsp3) is 0.143. The normalized spacial score (nSPS) is 12.0. The zero-order chi connectivity index (χ0) is 15.0. The highest BCUT2D eigenvalue weighted by atomic mass is 35.5. The van der Waals surface area contributed by atoms with Gasteiger partial charge in [0.05, 0.1) is 17.1 Å². The van der Waals surface area contributed by atoms with Crippen molar-refractivity contribution < 1.29 is 13.2 Å². The third-order valence-electron chi connectivity index (χ3n) is 3.05. The Morgan fingerprint density at radius 1 is 1.14 bits per heavy atom. The molecular weight excluding hydrogens is 303 g/mol. The highest BCUT2D eigenvalue weighted by Gasteiger charge is 2.30. The van der Waals surface area contributed by atoms with Gasteiger partial charge in [-0.15, -0.1) is 11.6 Å². The molecule has 0 fully saturated rings. The number of hydrogen-bond donors (Lipinski definition) is 0. The van der Waals surface area contributed by atoms with Gasteiger partial charge in [0, 0.05) is 24.2 Å². The van der Waals surface area contributed by atoms with Crippen LogP contribution in [0, 0.1) is 0 Å². The standard InChI is InChI=1S/C14H9ClF3N3/c15-7-11-8-21-6-5-19-12(13(21)20-11)9-1-3-10(4-2-9)14(16,17)18/h1-6,8H,7H2. The van der Waals surface area contributed by atoms with Crippen LogP contribution >= 0.6 is 11.6 Å². The van der Waals surface area contributed by atoms with Gasteiger partial charge in [-0.3, -0.25) is 4.98 Å². The average molecular weight is 312 g/mol. The van der Waals surface area contributed by atoms with Crippen LogP contribution in [0.1, 0.15) is 11.3 Å². The number of nitrogens with zero attached hydrogens (tertiary/aromatic N) is 3. The van der Waals surface area contributed by atoms with E-state index in [1.54, 1.807) is 23.0 Å². The second-order valence-corrected chi connectivity index (χ2v) is 4.71. The van der Waals surface area contributed by atoms with Gasteiger partial charge in [0.25, 0.3) is 0 Å². The van der Waals surface area contributed by atoms with Crippen molar-refractivity contribution in [2.24, 2.45) is 0 Å². The van der Waals surface area contributed by atoms with E-state index in [1.807, 2.05) is 0 Å². The molecule has 0 unspecified atom stereocenters. The van der Waals surface area contributed by atoms with Crippen molar-refractivity contribution >= 4 is 17.2 Å². The van der Waals surface area contributed by atoms with E-state index >= 15 is 0 Å². The molecule has 0 saturated heterocycles. The lowest BCUT2D eigenvalue weighted by Crippen LogP contribution is -2.04. The Morgan fingerprint density at radius 2 is 1.86 bits per heavy atom. The number of fused-ring (bicyclic) bond motifs is 1. The van der Waals surface area contributed by atoms with Gasteiger partial charge in [0.1, 0.15) is 5.69 Å². The predicted molar refractivity (Wildman–Crippen MR) is 73.0 cm³/mol. The summed E-state index contributed by atoms with van der Waals surface area (Å²) in [7, 11) is 0. The Labute approximate surface area is 123 Å². The summed E-state index contributed by atoms with van der Waals surface area (Å²) in [5, 5.41) is 0. The molecule has 108 valence electrons. The molecule has 0 radical (unpaired) electrons. The van der Waals surface area contributed by atoms with Gasteiger partial charge < -0.3 is 4.40 Å². The molecule has 0 bridgehead atoms. The van der Waals surface area contributed by atoms with Crippen LogP contribution in [0.5, 0.6) is 0 Å². The minimum absolute atomic E-state index is 0.258. The molecule has 0 spiro atoms. The topological polar surface area (TPSA) is 30.2 Å². The van der Waals surface area contributed by atoms with Crippen molar-refractivity contribution in [3.8, 4) is 11.3 Å². The number of imidazole rings is 1. The van der Waals surface area contributed by atoms with Crippen LogP contribution in [0.2, 0.25) is 0 Å². The van der Waals surface area contributed by atoms with Gasteiger partial charge in [-0.1, -0.05) is 12.1 Å². The van der Waals surface area contributed by atoms with Crippen LogP contribution in [0.25, 0.3) is 16.9 Å². The Morgan fingerprint density at radius 3 is 2.48 bits per heavy atom. The predicted octanol–water partition coefficient (Wildman–Crippen LogP) is 4.15. The van der Waals surface area contributed by atoms with Crippen molar-refractivity contribution in [1.29, 1.82) is 0 Å². The number of aromatic nitrogens is 3. The summed E-state index contributed by atoms with van der Waals surface area (Å²) >= 11 is 5.75. The first-order valence-electron chi connectivity index (χ1n) is 6.05. The molecule has 0 amide bonds. The maximum atomic E-state index is 12.6. The Hall–Kier alpha value is -2.08. The largest absolute Gasteiger partial charge is 0.416 e. The molecular formula is C14H9ClF3N3. The summed E-state index contributed by atoms with van der Waals surface area (Å²) in [6, 6.07) is 4.85. The van der Waals surface area contributed by atoms with Crippen molar-refractivity contribution in [2.75, 3.05) is 0 Å². The number of alkyl halides is 4. The average Bonchev–Trinajstić information content (AvgIpc) is 2.89. The van der Waals surface area contributed by atoms with E-state index in [4.69, 9.17) is 11.6 Å². The summed E-state index contributed by atoms with van der Waals surface area (Å²) in [5.74, 6) is 0.258. The Kier molecular flexibility index (Phi) is 3.33. The van der Waals surface area contributed by atoms with Crippen molar-refractivity contribution in [3.63, 3.8) is 0 Å². The molecule has 0 aliphatic carbocycles. The van der Waals surface area contributed by atoms with E-state index in [0.29, 0.717) is 22.6 Å². The van der Waals surface area contributed by atoms with Gasteiger partial charge in [0.15, 0.2) is 5.65 Å². The van der Waals surface area contributed by atoms with E-state index in [2.05, 4.69) is 9.97 Å². The second kappa shape index (κ2) is 5.04. The van der Waals surface area contributed by atoms with Crippen molar-refractivity contribution in [1.82, 2.24) is 14.4 Å². The van der Waals surface area contributed by atoms with Gasteiger partial charge in [-0.25, -0.2) is 4.98 Å². The minimum Gasteiger partial charge on any atom is -0.303 e. The first kappa shape index (κ1) is 13.9. The van der Waals surface area contributed by atoms with Crippen LogP contribution in [0.15, 0.2) is 42.9 Å². The molecule has 0 N–H and O–H groups in total. The van der Waals surface area contributed by atoms with E-state index in [1.165, 1.54) is 12.1 Å². The fourth-order valence-corrected chi connectivity index (χ4v) is 2.18. The van der Waals surface area contributed by atoms with Gasteiger partial charge in [0.2, 0.25) is 0 Å². The van der Waals surface area contributed by atoms with Crippen LogP contribution in [0.4, 0.5) is 13.2 Å². The molecule has 3 rings (SSSR count). The molecule has 7 heteroatoms. The van der Waals surface area contributed by atoms with E-state index in [0.717, 1.165) is 12.1 Å². The molecule has 3 nitrogen and oxygen atoms in total. The van der Waals surface area contributed by atoms with Gasteiger partial charge in [-0.05, 0) is 12.1 Å². The molecule has 3 aromatic rings. The maximum absolute atomic E-state index is 12.6. The van der Waals surface area contributed by atoms with Crippen LogP contribution in [-0.2, 0) is 12.1 Å². The SMILES string of the molecule is FC(F)(F)c1ccc(-c2nccn3cc(CCl)nc23)cc1. The first-order chi connectivity index (χ1) is 9.99. The van der Waals surface area contributed by atoms with E-state index < -0.39 is 11.7 Å². The number of rotatable bonds is 2. The summed E-state index contributed by atoms with van der Waals surface area (Å²) in [6.45, 7) is 0. The van der Waals surface area contributed by atoms with Crippen LogP contribution in [-0.4, -0.2) is 14.4 Å². The van der Waals surface area contributed by atoms with Crippen molar-refractivity contribution in [2.45, 2.75) is 12.1 Å². The summed E-state index contributed by atoms with van der Waals surface area (Å²) in [6.07, 6.45) is 0.695. The molecule has 21 heavy (non-hydrogen) atoms. The van der Waals surface area contributed by atoms with E-state index in [9.17, 15) is 13.2 Å². The lowest BCUT2D eigenvalue weighted by atomic mass is 10.1. The molecule has 0 saturated carbocycles. The number of hydrogen-bond acceptors (Lipinski definition) is 2. The van der Waals surface area contributed by atoms with Crippen LogP contribution < -0.4 is 0 Å². The quantitative estimate of drug-likeness (QED) is 0.665. The smallest absolute Gasteiger partial charge is 0.303 e. The maximum Gasteiger partial charge on any atom is 0.416 e. The molecule has 0 aliphatic rings. The summed E-state index contributed by atoms with van der Waals surface area (Å²) in [4.78, 5) is 8.53.